The molecule has 0 saturated heterocycles. The Morgan fingerprint density at radius 2 is 1.67 bits per heavy atom. The van der Waals surface area contributed by atoms with Crippen molar-refractivity contribution in [2.45, 2.75) is 52.0 Å². The molecule has 6 nitrogen and oxygen atoms in total. The van der Waals surface area contributed by atoms with Crippen LogP contribution in [0.5, 0.6) is 0 Å². The van der Waals surface area contributed by atoms with E-state index in [9.17, 15) is 9.59 Å². The molecule has 0 bridgehead atoms. The minimum absolute atomic E-state index is 0.267. The molecule has 21 heavy (non-hydrogen) atoms. The zero-order valence-electron chi connectivity index (χ0n) is 13.1. The van der Waals surface area contributed by atoms with Gasteiger partial charge < -0.3 is 4.57 Å². The molecule has 0 aromatic carbocycles. The molecular weight excluding hydrogens is 268 g/mol. The summed E-state index contributed by atoms with van der Waals surface area (Å²) in [6.07, 6.45) is 8.89. The van der Waals surface area contributed by atoms with Gasteiger partial charge in [-0.15, -0.1) is 0 Å². The summed E-state index contributed by atoms with van der Waals surface area (Å²) in [5, 5.41) is 0. The summed E-state index contributed by atoms with van der Waals surface area (Å²) >= 11 is 0. The van der Waals surface area contributed by atoms with Crippen molar-refractivity contribution in [2.75, 3.05) is 0 Å². The summed E-state index contributed by atoms with van der Waals surface area (Å²) in [4.78, 5) is 28.3. The Labute approximate surface area is 124 Å². The van der Waals surface area contributed by atoms with E-state index in [4.69, 9.17) is 0 Å². The van der Waals surface area contributed by atoms with Gasteiger partial charge in [0, 0.05) is 20.6 Å². The minimum Gasteiger partial charge on any atom is -0.325 e. The predicted octanol–water partition coefficient (Wildman–Crippen LogP) is 1.79. The first-order valence-corrected chi connectivity index (χ1v) is 7.68. The zero-order chi connectivity index (χ0) is 15.4. The molecule has 0 spiro atoms. The van der Waals surface area contributed by atoms with E-state index in [2.05, 4.69) is 11.9 Å². The van der Waals surface area contributed by atoms with Gasteiger partial charge in [-0.1, -0.05) is 39.0 Å². The van der Waals surface area contributed by atoms with Gasteiger partial charge in [0.2, 0.25) is 0 Å². The summed E-state index contributed by atoms with van der Waals surface area (Å²) < 4.78 is 4.44. The van der Waals surface area contributed by atoms with Crippen molar-refractivity contribution < 1.29 is 0 Å². The number of aromatic nitrogens is 4. The van der Waals surface area contributed by atoms with Crippen LogP contribution in [0.25, 0.3) is 11.2 Å². The Balaban J connectivity index is 2.15. The number of aryl methyl sites for hydroxylation is 2. The number of rotatable bonds is 7. The topological polar surface area (TPSA) is 61.8 Å². The minimum atomic E-state index is -0.336. The van der Waals surface area contributed by atoms with Crippen LogP contribution in [0.15, 0.2) is 15.9 Å². The second-order valence-corrected chi connectivity index (χ2v) is 5.58. The quantitative estimate of drug-likeness (QED) is 0.731. The Kier molecular flexibility index (Phi) is 4.98. The van der Waals surface area contributed by atoms with E-state index in [0.717, 1.165) is 24.0 Å². The number of hydrogen-bond donors (Lipinski definition) is 0. The molecule has 2 rings (SSSR count). The van der Waals surface area contributed by atoms with Gasteiger partial charge >= 0.3 is 5.69 Å². The van der Waals surface area contributed by atoms with Crippen molar-refractivity contribution >= 4 is 11.2 Å². The normalized spacial score (nSPS) is 11.4. The molecule has 0 unspecified atom stereocenters. The molecule has 116 valence electrons. The fourth-order valence-electron chi connectivity index (χ4n) is 2.63. The second-order valence-electron chi connectivity index (χ2n) is 5.58. The second kappa shape index (κ2) is 6.74. The third-order valence-electron chi connectivity index (χ3n) is 3.97. The van der Waals surface area contributed by atoms with Crippen LogP contribution in [0.1, 0.15) is 45.4 Å². The van der Waals surface area contributed by atoms with Gasteiger partial charge in [0.15, 0.2) is 11.2 Å². The number of imidazole rings is 1. The van der Waals surface area contributed by atoms with Crippen molar-refractivity contribution in [1.82, 2.24) is 18.7 Å². The van der Waals surface area contributed by atoms with Crippen LogP contribution < -0.4 is 11.2 Å². The largest absolute Gasteiger partial charge is 0.332 e. The van der Waals surface area contributed by atoms with Gasteiger partial charge in [0.1, 0.15) is 0 Å². The van der Waals surface area contributed by atoms with Crippen molar-refractivity contribution in [1.29, 1.82) is 0 Å². The Morgan fingerprint density at radius 3 is 2.38 bits per heavy atom. The first-order valence-electron chi connectivity index (χ1n) is 7.68. The smallest absolute Gasteiger partial charge is 0.325 e. The molecule has 0 aliphatic carbocycles. The summed E-state index contributed by atoms with van der Waals surface area (Å²) in [6, 6.07) is 0. The number of hydrogen-bond acceptors (Lipinski definition) is 3. The van der Waals surface area contributed by atoms with Crippen LogP contribution in [-0.2, 0) is 20.6 Å². The molecule has 0 amide bonds. The van der Waals surface area contributed by atoms with Crippen molar-refractivity contribution in [2.24, 2.45) is 14.1 Å². The third-order valence-corrected chi connectivity index (χ3v) is 3.97. The predicted molar refractivity (Wildman–Crippen MR) is 83.6 cm³/mol. The van der Waals surface area contributed by atoms with Gasteiger partial charge in [-0.2, -0.15) is 0 Å². The van der Waals surface area contributed by atoms with E-state index in [-0.39, 0.29) is 11.2 Å². The SMILES string of the molecule is CCCCCCCCn1cnc2c1c(=O)n(C)c(=O)n2C. The van der Waals surface area contributed by atoms with Crippen LogP contribution in [0, 0.1) is 0 Å². The standard InChI is InChI=1S/C15H24N4O2/c1-4-5-6-7-8-9-10-19-11-16-13-12(19)14(20)18(3)15(21)17(13)2/h11H,4-10H2,1-3H3. The van der Waals surface area contributed by atoms with E-state index in [0.29, 0.717) is 11.2 Å². The van der Waals surface area contributed by atoms with Crippen LogP contribution >= 0.6 is 0 Å². The van der Waals surface area contributed by atoms with E-state index in [1.165, 1.54) is 37.3 Å². The molecule has 0 radical (unpaired) electrons. The van der Waals surface area contributed by atoms with Crippen LogP contribution in [-0.4, -0.2) is 18.7 Å². The lowest BCUT2D eigenvalue weighted by atomic mass is 10.1. The molecule has 0 aliphatic rings. The molecule has 0 atom stereocenters. The Morgan fingerprint density at radius 1 is 1.00 bits per heavy atom. The summed E-state index contributed by atoms with van der Waals surface area (Å²) in [7, 11) is 3.15. The first kappa shape index (κ1) is 15.5. The first-order chi connectivity index (χ1) is 10.1. The van der Waals surface area contributed by atoms with Crippen LogP contribution in [0.2, 0.25) is 0 Å². The van der Waals surface area contributed by atoms with Crippen molar-refractivity contribution in [3.63, 3.8) is 0 Å². The van der Waals surface area contributed by atoms with E-state index in [1.807, 2.05) is 4.57 Å². The summed E-state index contributed by atoms with van der Waals surface area (Å²) in [5.74, 6) is 0. The van der Waals surface area contributed by atoms with Crippen molar-refractivity contribution in [3.8, 4) is 0 Å². The molecule has 2 heterocycles. The molecule has 6 heteroatoms. The average molecular weight is 292 g/mol. The van der Waals surface area contributed by atoms with Crippen LogP contribution in [0.3, 0.4) is 0 Å². The maximum Gasteiger partial charge on any atom is 0.332 e. The third kappa shape index (κ3) is 3.09. The zero-order valence-corrected chi connectivity index (χ0v) is 13.1. The highest BCUT2D eigenvalue weighted by Crippen LogP contribution is 2.10. The monoisotopic (exact) mass is 292 g/mol. The Hall–Kier alpha value is -1.85. The fourth-order valence-corrected chi connectivity index (χ4v) is 2.63. The molecule has 0 saturated carbocycles. The lowest BCUT2D eigenvalue weighted by Crippen LogP contribution is -2.37. The van der Waals surface area contributed by atoms with Crippen molar-refractivity contribution in [3.05, 3.63) is 27.2 Å². The lowest BCUT2D eigenvalue weighted by molar-refractivity contribution is 0.562. The van der Waals surface area contributed by atoms with E-state index >= 15 is 0 Å². The highest BCUT2D eigenvalue weighted by molar-refractivity contribution is 5.69. The maximum absolute atomic E-state index is 12.2. The fraction of sp³-hybridized carbons (Fsp3) is 0.667. The van der Waals surface area contributed by atoms with Gasteiger partial charge in [-0.25, -0.2) is 9.78 Å². The number of unbranched alkanes of at least 4 members (excludes halogenated alkanes) is 5. The highest BCUT2D eigenvalue weighted by atomic mass is 16.2. The molecular formula is C15H24N4O2. The van der Waals surface area contributed by atoms with Crippen LogP contribution in [0.4, 0.5) is 0 Å². The van der Waals surface area contributed by atoms with E-state index < -0.39 is 0 Å². The lowest BCUT2D eigenvalue weighted by Gasteiger charge is -2.06. The molecule has 0 N–H and O–H groups in total. The Bertz CT molecular complexity index is 724. The van der Waals surface area contributed by atoms with Gasteiger partial charge in [-0.05, 0) is 6.42 Å². The molecule has 2 aromatic heterocycles. The summed E-state index contributed by atoms with van der Waals surface area (Å²) in [6.45, 7) is 2.98. The molecule has 0 fully saturated rings. The van der Waals surface area contributed by atoms with E-state index in [1.54, 1.807) is 13.4 Å². The van der Waals surface area contributed by atoms with Gasteiger partial charge in [-0.3, -0.25) is 13.9 Å². The molecule has 2 aromatic rings. The van der Waals surface area contributed by atoms with Gasteiger partial charge in [0.25, 0.3) is 5.56 Å². The number of fused-ring (bicyclic) bond motifs is 1. The average Bonchev–Trinajstić information content (AvgIpc) is 2.90. The summed E-state index contributed by atoms with van der Waals surface area (Å²) in [5.41, 5.74) is 0.385. The highest BCUT2D eigenvalue weighted by Gasteiger charge is 2.13. The molecule has 0 aliphatic heterocycles. The van der Waals surface area contributed by atoms with Gasteiger partial charge in [0.05, 0.1) is 6.33 Å². The maximum atomic E-state index is 12.2. The number of nitrogens with zero attached hydrogens (tertiary/aromatic N) is 4.